The lowest BCUT2D eigenvalue weighted by Crippen LogP contribution is -2.19. The molecule has 2 aromatic rings. The van der Waals surface area contributed by atoms with Gasteiger partial charge >= 0.3 is 0 Å². The first-order valence-corrected chi connectivity index (χ1v) is 7.85. The fraction of sp³-hybridized carbons (Fsp3) is 0.278. The van der Waals surface area contributed by atoms with Crippen LogP contribution in [0.3, 0.4) is 0 Å². The first-order valence-electron chi connectivity index (χ1n) is 7.47. The molecular formula is C18H20ClN3. The van der Waals surface area contributed by atoms with Gasteiger partial charge in [0.05, 0.1) is 17.4 Å². The highest BCUT2D eigenvalue weighted by molar-refractivity contribution is 6.31. The Kier molecular flexibility index (Phi) is 4.19. The summed E-state index contributed by atoms with van der Waals surface area (Å²) in [6, 6.07) is 14.5. The molecule has 2 aromatic carbocycles. The Balaban J connectivity index is 2.03. The number of hydrogen-bond donors (Lipinski definition) is 1. The van der Waals surface area contributed by atoms with Gasteiger partial charge in [-0.3, -0.25) is 5.01 Å². The second kappa shape index (κ2) is 6.11. The van der Waals surface area contributed by atoms with E-state index < -0.39 is 0 Å². The van der Waals surface area contributed by atoms with Gasteiger partial charge < -0.3 is 5.73 Å². The second-order valence-corrected chi connectivity index (χ2v) is 6.13. The summed E-state index contributed by atoms with van der Waals surface area (Å²) in [5.41, 5.74) is 11.5. The van der Waals surface area contributed by atoms with E-state index in [2.05, 4.69) is 43.1 Å². The number of nitrogens with two attached hydrogens (primary N) is 1. The molecule has 3 rings (SSSR count). The van der Waals surface area contributed by atoms with Gasteiger partial charge in [0.25, 0.3) is 0 Å². The summed E-state index contributed by atoms with van der Waals surface area (Å²) in [6.07, 6.45) is 0.813. The molecule has 1 atom stereocenters. The molecule has 1 heterocycles. The third-order valence-electron chi connectivity index (χ3n) is 4.23. The zero-order chi connectivity index (χ0) is 15.7. The molecule has 0 radical (unpaired) electrons. The molecule has 0 amide bonds. The quantitative estimate of drug-likeness (QED) is 0.921. The summed E-state index contributed by atoms with van der Waals surface area (Å²) in [5.74, 6) is 0. The van der Waals surface area contributed by atoms with Crippen LogP contribution in [0.2, 0.25) is 5.02 Å². The third-order valence-corrected chi connectivity index (χ3v) is 4.57. The van der Waals surface area contributed by atoms with Crippen molar-refractivity contribution in [3.63, 3.8) is 0 Å². The van der Waals surface area contributed by atoms with E-state index >= 15 is 0 Å². The lowest BCUT2D eigenvalue weighted by Gasteiger charge is -2.25. The molecule has 0 saturated heterocycles. The standard InChI is InChI=1S/C18H20ClN3/c1-12-7-8-15(9-13(12)2)22-18(10-14(11-20)21-22)16-5-3-4-6-17(16)19/h3-9,18H,10-11,20H2,1-2H3. The highest BCUT2D eigenvalue weighted by atomic mass is 35.5. The summed E-state index contributed by atoms with van der Waals surface area (Å²) in [5, 5.41) is 7.54. The average Bonchev–Trinajstić information content (AvgIpc) is 2.94. The molecule has 22 heavy (non-hydrogen) atoms. The van der Waals surface area contributed by atoms with Crippen molar-refractivity contribution in [3.05, 3.63) is 64.2 Å². The number of anilines is 1. The summed E-state index contributed by atoms with van der Waals surface area (Å²) < 4.78 is 0. The Morgan fingerprint density at radius 3 is 2.64 bits per heavy atom. The predicted molar refractivity (Wildman–Crippen MR) is 93.7 cm³/mol. The zero-order valence-corrected chi connectivity index (χ0v) is 13.6. The summed E-state index contributed by atoms with van der Waals surface area (Å²) in [6.45, 7) is 4.71. The number of nitrogens with zero attached hydrogens (tertiary/aromatic N) is 2. The highest BCUT2D eigenvalue weighted by Gasteiger charge is 2.29. The van der Waals surface area contributed by atoms with E-state index in [9.17, 15) is 0 Å². The van der Waals surface area contributed by atoms with Crippen LogP contribution < -0.4 is 10.7 Å². The average molecular weight is 314 g/mol. The minimum atomic E-state index is 0.106. The minimum absolute atomic E-state index is 0.106. The Bertz CT molecular complexity index is 724. The maximum Gasteiger partial charge on any atom is 0.0843 e. The molecule has 3 nitrogen and oxygen atoms in total. The molecule has 0 aliphatic carbocycles. The van der Waals surface area contributed by atoms with Crippen LogP contribution in [0.5, 0.6) is 0 Å². The van der Waals surface area contributed by atoms with Gasteiger partial charge in [-0.2, -0.15) is 5.10 Å². The lowest BCUT2D eigenvalue weighted by molar-refractivity contribution is 0.708. The Morgan fingerprint density at radius 2 is 1.95 bits per heavy atom. The third kappa shape index (κ3) is 2.74. The second-order valence-electron chi connectivity index (χ2n) is 5.72. The molecule has 0 aromatic heterocycles. The first kappa shape index (κ1) is 15.1. The van der Waals surface area contributed by atoms with Crippen molar-refractivity contribution in [2.75, 3.05) is 11.6 Å². The first-order chi connectivity index (χ1) is 10.6. The van der Waals surface area contributed by atoms with Gasteiger partial charge in [-0.1, -0.05) is 35.9 Å². The van der Waals surface area contributed by atoms with Crippen molar-refractivity contribution in [2.24, 2.45) is 10.8 Å². The van der Waals surface area contributed by atoms with Gasteiger partial charge in [-0.15, -0.1) is 0 Å². The van der Waals surface area contributed by atoms with Crippen LogP contribution in [-0.2, 0) is 0 Å². The largest absolute Gasteiger partial charge is 0.325 e. The van der Waals surface area contributed by atoms with Crippen LogP contribution in [-0.4, -0.2) is 12.3 Å². The summed E-state index contributed by atoms with van der Waals surface area (Å²) in [4.78, 5) is 0. The molecule has 0 spiro atoms. The predicted octanol–water partition coefficient (Wildman–Crippen LogP) is 4.22. The Morgan fingerprint density at radius 1 is 1.18 bits per heavy atom. The molecule has 1 aliphatic rings. The topological polar surface area (TPSA) is 41.6 Å². The molecule has 2 N–H and O–H groups in total. The minimum Gasteiger partial charge on any atom is -0.325 e. The van der Waals surface area contributed by atoms with Crippen molar-refractivity contribution in [1.29, 1.82) is 0 Å². The van der Waals surface area contributed by atoms with E-state index in [0.717, 1.165) is 28.4 Å². The molecule has 4 heteroatoms. The van der Waals surface area contributed by atoms with Crippen molar-refractivity contribution >= 4 is 23.0 Å². The van der Waals surface area contributed by atoms with Gasteiger partial charge in [-0.05, 0) is 48.7 Å². The van der Waals surface area contributed by atoms with Crippen LogP contribution >= 0.6 is 11.6 Å². The van der Waals surface area contributed by atoms with E-state index in [-0.39, 0.29) is 6.04 Å². The molecule has 114 valence electrons. The highest BCUT2D eigenvalue weighted by Crippen LogP contribution is 2.38. The number of benzene rings is 2. The SMILES string of the molecule is Cc1ccc(N2N=C(CN)CC2c2ccccc2Cl)cc1C. The maximum absolute atomic E-state index is 6.40. The molecule has 0 bridgehead atoms. The molecule has 0 saturated carbocycles. The molecule has 1 aliphatic heterocycles. The van der Waals surface area contributed by atoms with Crippen molar-refractivity contribution in [3.8, 4) is 0 Å². The summed E-state index contributed by atoms with van der Waals surface area (Å²) >= 11 is 6.40. The van der Waals surface area contributed by atoms with Gasteiger partial charge in [0.2, 0.25) is 0 Å². The van der Waals surface area contributed by atoms with Crippen LogP contribution in [0.1, 0.15) is 29.2 Å². The summed E-state index contributed by atoms with van der Waals surface area (Å²) in [7, 11) is 0. The van der Waals surface area contributed by atoms with Gasteiger partial charge in [0, 0.05) is 18.0 Å². The van der Waals surface area contributed by atoms with E-state index in [4.69, 9.17) is 22.4 Å². The van der Waals surface area contributed by atoms with Crippen molar-refractivity contribution in [1.82, 2.24) is 0 Å². The van der Waals surface area contributed by atoms with Crippen LogP contribution in [0.4, 0.5) is 5.69 Å². The van der Waals surface area contributed by atoms with Gasteiger partial charge in [0.1, 0.15) is 0 Å². The van der Waals surface area contributed by atoms with Crippen LogP contribution in [0, 0.1) is 13.8 Å². The lowest BCUT2D eigenvalue weighted by atomic mass is 10.0. The van der Waals surface area contributed by atoms with E-state index in [1.807, 2.05) is 18.2 Å². The fourth-order valence-corrected chi connectivity index (χ4v) is 3.05. The number of halogens is 1. The van der Waals surface area contributed by atoms with Crippen LogP contribution in [0.15, 0.2) is 47.6 Å². The Labute approximate surface area is 136 Å². The molecule has 1 unspecified atom stereocenters. The van der Waals surface area contributed by atoms with Crippen molar-refractivity contribution < 1.29 is 0 Å². The maximum atomic E-state index is 6.40. The normalized spacial score (nSPS) is 17.7. The van der Waals surface area contributed by atoms with Gasteiger partial charge in [0.15, 0.2) is 0 Å². The number of aryl methyl sites for hydroxylation is 2. The smallest absolute Gasteiger partial charge is 0.0843 e. The van der Waals surface area contributed by atoms with E-state index in [1.165, 1.54) is 11.1 Å². The number of hydrogen-bond acceptors (Lipinski definition) is 3. The van der Waals surface area contributed by atoms with E-state index in [0.29, 0.717) is 6.54 Å². The van der Waals surface area contributed by atoms with Gasteiger partial charge in [-0.25, -0.2) is 0 Å². The number of hydrazone groups is 1. The fourth-order valence-electron chi connectivity index (χ4n) is 2.79. The molecule has 0 fully saturated rings. The van der Waals surface area contributed by atoms with E-state index in [1.54, 1.807) is 0 Å². The Hall–Kier alpha value is -1.84. The zero-order valence-electron chi connectivity index (χ0n) is 12.9. The number of rotatable bonds is 3. The monoisotopic (exact) mass is 313 g/mol. The van der Waals surface area contributed by atoms with Crippen LogP contribution in [0.25, 0.3) is 0 Å². The van der Waals surface area contributed by atoms with Crippen molar-refractivity contribution in [2.45, 2.75) is 26.3 Å². The molecular weight excluding hydrogens is 294 g/mol.